The Balaban J connectivity index is 1.13. The zero-order valence-corrected chi connectivity index (χ0v) is 24.5. The minimum absolute atomic E-state index is 0.717. The summed E-state index contributed by atoms with van der Waals surface area (Å²) in [5.41, 5.74) is 3.40. The molecule has 2 aliphatic rings. The van der Waals surface area contributed by atoms with E-state index in [-0.39, 0.29) is 0 Å². The Kier molecular flexibility index (Phi) is 7.85. The van der Waals surface area contributed by atoms with Crippen molar-refractivity contribution < 1.29 is 4.79 Å². The summed E-state index contributed by atoms with van der Waals surface area (Å²) in [6.45, 7) is 6.19. The molecule has 0 aromatic heterocycles. The van der Waals surface area contributed by atoms with E-state index in [4.69, 9.17) is 0 Å². The molecule has 3 nitrogen and oxygen atoms in total. The number of benzene rings is 4. The van der Waals surface area contributed by atoms with E-state index in [0.29, 0.717) is 0 Å². The molecule has 4 aromatic rings. The molecule has 4 aromatic carbocycles. The van der Waals surface area contributed by atoms with Crippen LogP contribution in [0.5, 0.6) is 0 Å². The van der Waals surface area contributed by atoms with Gasteiger partial charge in [-0.15, -0.1) is 0 Å². The Hall–Kier alpha value is -3.67. The fraction of sp³-hybridized carbons (Fsp3) is 0.171. The van der Waals surface area contributed by atoms with E-state index in [1.165, 1.54) is 52.8 Å². The third-order valence-corrected chi connectivity index (χ3v) is 9.66. The second-order valence-electron chi connectivity index (χ2n) is 9.80. The van der Waals surface area contributed by atoms with E-state index < -0.39 is 0 Å². The lowest BCUT2D eigenvalue weighted by Crippen LogP contribution is -2.16. The lowest BCUT2D eigenvalue weighted by molar-refractivity contribution is -0.105. The molecule has 0 bridgehead atoms. The van der Waals surface area contributed by atoms with Gasteiger partial charge in [0.05, 0.1) is 21.4 Å². The van der Waals surface area contributed by atoms with E-state index in [0.717, 1.165) is 37.8 Å². The Labute approximate surface area is 244 Å². The van der Waals surface area contributed by atoms with Gasteiger partial charge >= 0.3 is 0 Å². The van der Waals surface area contributed by atoms with Crippen LogP contribution in [-0.4, -0.2) is 19.4 Å². The van der Waals surface area contributed by atoms with Crippen molar-refractivity contribution in [3.05, 3.63) is 119 Å². The number of carbonyl (C=O) groups excluding carboxylic acids is 1. The third-order valence-electron chi connectivity index (χ3n) is 7.43. The molecule has 40 heavy (non-hydrogen) atoms. The summed E-state index contributed by atoms with van der Waals surface area (Å²) in [5.74, 6) is 0. The molecule has 0 radical (unpaired) electrons. The normalized spacial score (nSPS) is 17.1. The first-order chi connectivity index (χ1) is 19.7. The second-order valence-corrected chi connectivity index (χ2v) is 11.9. The Morgan fingerprint density at radius 3 is 1.82 bits per heavy atom. The fourth-order valence-electron chi connectivity index (χ4n) is 5.48. The molecule has 0 amide bonds. The van der Waals surface area contributed by atoms with Crippen LogP contribution in [0.2, 0.25) is 0 Å². The number of hydrogen-bond donors (Lipinski definition) is 0. The third kappa shape index (κ3) is 5.00. The van der Waals surface area contributed by atoms with Crippen molar-refractivity contribution in [3.8, 4) is 0 Å². The zero-order chi connectivity index (χ0) is 27.5. The molecular weight excluding hydrogens is 529 g/mol. The number of anilines is 2. The van der Waals surface area contributed by atoms with Crippen LogP contribution in [-0.2, 0) is 4.79 Å². The predicted octanol–water partition coefficient (Wildman–Crippen LogP) is 9.70. The highest BCUT2D eigenvalue weighted by atomic mass is 32.2. The van der Waals surface area contributed by atoms with Gasteiger partial charge < -0.3 is 9.80 Å². The van der Waals surface area contributed by atoms with Gasteiger partial charge in [0, 0.05) is 33.7 Å². The van der Waals surface area contributed by atoms with E-state index >= 15 is 0 Å². The molecular formula is C35H32N2OS2. The molecule has 0 aliphatic carbocycles. The summed E-state index contributed by atoms with van der Waals surface area (Å²) < 4.78 is 0. The van der Waals surface area contributed by atoms with Gasteiger partial charge in [-0.2, -0.15) is 0 Å². The van der Waals surface area contributed by atoms with Crippen molar-refractivity contribution in [1.82, 2.24) is 0 Å². The van der Waals surface area contributed by atoms with Gasteiger partial charge in [-0.3, -0.25) is 4.79 Å². The maximum atomic E-state index is 11.9. The predicted molar refractivity (Wildman–Crippen MR) is 174 cm³/mol. The fourth-order valence-corrected chi connectivity index (χ4v) is 7.78. The van der Waals surface area contributed by atoms with Gasteiger partial charge in [0.25, 0.3) is 0 Å². The molecule has 0 unspecified atom stereocenters. The van der Waals surface area contributed by atoms with E-state index in [2.05, 4.69) is 121 Å². The molecule has 6 rings (SSSR count). The van der Waals surface area contributed by atoms with Crippen molar-refractivity contribution in [2.75, 3.05) is 22.9 Å². The molecule has 0 saturated heterocycles. The SMILES string of the molecule is CCN1C(=CC=CCCC(C=O)=CC=C2Sc3ccc4ccccc4c3N2CC)Sc2ccc3ccccc3c21. The topological polar surface area (TPSA) is 23.6 Å². The molecule has 200 valence electrons. The Morgan fingerprint density at radius 1 is 0.725 bits per heavy atom. The number of rotatable bonds is 8. The van der Waals surface area contributed by atoms with Crippen LogP contribution < -0.4 is 9.80 Å². The number of carbonyl (C=O) groups is 1. The molecule has 0 fully saturated rings. The molecule has 0 saturated carbocycles. The van der Waals surface area contributed by atoms with E-state index in [1.54, 1.807) is 11.8 Å². The molecule has 0 atom stereocenters. The standard InChI is InChI=1S/C35H32N2OS2/c1-3-36-32(39-30-21-19-26-13-8-10-15-28(26)34(30)36)17-7-5-6-12-25(24-38)18-23-33-37(4-2)35-29-16-11-9-14-27(29)20-22-31(35)40-33/h5,7-11,13-24H,3-4,6,12H2,1-2H3. The summed E-state index contributed by atoms with van der Waals surface area (Å²) in [5, 5.41) is 7.51. The Morgan fingerprint density at radius 2 is 1.27 bits per heavy atom. The zero-order valence-electron chi connectivity index (χ0n) is 22.8. The van der Waals surface area contributed by atoms with Gasteiger partial charge in [-0.05, 0) is 67.3 Å². The maximum absolute atomic E-state index is 11.9. The lowest BCUT2D eigenvalue weighted by Gasteiger charge is -2.19. The summed E-state index contributed by atoms with van der Waals surface area (Å²) in [6, 6.07) is 26.0. The molecule has 2 aliphatic heterocycles. The van der Waals surface area contributed by atoms with Crippen molar-refractivity contribution in [2.24, 2.45) is 0 Å². The number of fused-ring (bicyclic) bond motifs is 6. The van der Waals surface area contributed by atoms with Crippen LogP contribution in [0.4, 0.5) is 11.4 Å². The van der Waals surface area contributed by atoms with Crippen LogP contribution in [0.1, 0.15) is 26.7 Å². The first-order valence-corrected chi connectivity index (χ1v) is 15.5. The van der Waals surface area contributed by atoms with Crippen LogP contribution >= 0.6 is 23.5 Å². The number of aldehydes is 1. The van der Waals surface area contributed by atoms with E-state index in [9.17, 15) is 4.79 Å². The minimum Gasteiger partial charge on any atom is -0.335 e. The first kappa shape index (κ1) is 26.5. The quantitative estimate of drug-likeness (QED) is 0.158. The van der Waals surface area contributed by atoms with Gasteiger partial charge in [0.2, 0.25) is 0 Å². The van der Waals surface area contributed by atoms with Crippen molar-refractivity contribution in [3.63, 3.8) is 0 Å². The summed E-state index contributed by atoms with van der Waals surface area (Å²) in [7, 11) is 0. The summed E-state index contributed by atoms with van der Waals surface area (Å²) in [4.78, 5) is 19.2. The van der Waals surface area contributed by atoms with Gasteiger partial charge in [-0.1, -0.05) is 102 Å². The summed E-state index contributed by atoms with van der Waals surface area (Å²) in [6.07, 6.45) is 13.1. The number of thioether (sulfide) groups is 2. The van der Waals surface area contributed by atoms with Gasteiger partial charge in [0.15, 0.2) is 0 Å². The van der Waals surface area contributed by atoms with Crippen LogP contribution in [0.25, 0.3) is 21.5 Å². The number of hydrogen-bond acceptors (Lipinski definition) is 5. The lowest BCUT2D eigenvalue weighted by atomic mass is 10.1. The average Bonchev–Trinajstić information content (AvgIpc) is 3.56. The minimum atomic E-state index is 0.717. The van der Waals surface area contributed by atoms with Crippen molar-refractivity contribution >= 4 is 62.7 Å². The van der Waals surface area contributed by atoms with Crippen molar-refractivity contribution in [2.45, 2.75) is 36.5 Å². The van der Waals surface area contributed by atoms with Crippen LogP contribution in [0, 0.1) is 0 Å². The van der Waals surface area contributed by atoms with Crippen LogP contribution in [0.15, 0.2) is 129 Å². The highest BCUT2D eigenvalue weighted by Gasteiger charge is 2.26. The van der Waals surface area contributed by atoms with Gasteiger partial charge in [-0.25, -0.2) is 0 Å². The highest BCUT2D eigenvalue weighted by molar-refractivity contribution is 8.04. The number of nitrogens with zero attached hydrogens (tertiary/aromatic N) is 2. The monoisotopic (exact) mass is 560 g/mol. The smallest absolute Gasteiger partial charge is 0.146 e. The second kappa shape index (κ2) is 11.8. The maximum Gasteiger partial charge on any atom is 0.146 e. The summed E-state index contributed by atoms with van der Waals surface area (Å²) >= 11 is 3.60. The van der Waals surface area contributed by atoms with Crippen molar-refractivity contribution in [1.29, 1.82) is 0 Å². The first-order valence-electron chi connectivity index (χ1n) is 13.9. The number of allylic oxidation sites excluding steroid dienone is 6. The van der Waals surface area contributed by atoms with Crippen LogP contribution in [0.3, 0.4) is 0 Å². The van der Waals surface area contributed by atoms with E-state index in [1.807, 2.05) is 17.8 Å². The molecule has 0 spiro atoms. The van der Waals surface area contributed by atoms with Gasteiger partial charge in [0.1, 0.15) is 6.29 Å². The Bertz CT molecular complexity index is 1720. The molecule has 5 heteroatoms. The molecule has 2 heterocycles. The molecule has 0 N–H and O–H groups in total. The largest absolute Gasteiger partial charge is 0.335 e. The average molecular weight is 561 g/mol. The highest BCUT2D eigenvalue weighted by Crippen LogP contribution is 2.50.